The molecule has 0 spiro atoms. The molecule has 0 saturated carbocycles. The first kappa shape index (κ1) is 17.9. The van der Waals surface area contributed by atoms with Crippen LogP contribution in [0.3, 0.4) is 0 Å². The molecular weight excluding hydrogens is 356 g/mol. The molecule has 0 unspecified atom stereocenters. The standard InChI is InChI=1S/C21H20N4O3/c1-14-4-2-5-16(12-14)20-23-18(28-24-20)13-22-21(27)15-7-9-17(10-8-15)25-11-3-6-19(25)26/h2,4-5,7-10,12H,3,6,11,13H2,1H3,(H,22,27). The maximum atomic E-state index is 12.4. The molecule has 7 heteroatoms. The Labute approximate surface area is 162 Å². The van der Waals surface area contributed by atoms with Crippen LogP contribution >= 0.6 is 0 Å². The van der Waals surface area contributed by atoms with Gasteiger partial charge in [-0.3, -0.25) is 9.59 Å². The topological polar surface area (TPSA) is 88.3 Å². The summed E-state index contributed by atoms with van der Waals surface area (Å²) < 4.78 is 5.22. The molecular formula is C21H20N4O3. The van der Waals surface area contributed by atoms with Gasteiger partial charge in [0.15, 0.2) is 0 Å². The van der Waals surface area contributed by atoms with Crippen molar-refractivity contribution in [3.05, 3.63) is 65.5 Å². The van der Waals surface area contributed by atoms with Crippen LogP contribution in [0.4, 0.5) is 5.69 Å². The van der Waals surface area contributed by atoms with Gasteiger partial charge in [-0.05, 0) is 43.7 Å². The Balaban J connectivity index is 1.37. The second-order valence-electron chi connectivity index (χ2n) is 6.76. The maximum absolute atomic E-state index is 12.4. The summed E-state index contributed by atoms with van der Waals surface area (Å²) in [5.74, 6) is 0.712. The fraction of sp³-hybridized carbons (Fsp3) is 0.238. The first-order valence-corrected chi connectivity index (χ1v) is 9.18. The Hall–Kier alpha value is -3.48. The van der Waals surface area contributed by atoms with Gasteiger partial charge in [0.05, 0.1) is 6.54 Å². The van der Waals surface area contributed by atoms with Gasteiger partial charge in [0.25, 0.3) is 5.91 Å². The average Bonchev–Trinajstić information content (AvgIpc) is 3.35. The number of rotatable bonds is 5. The highest BCUT2D eigenvalue weighted by atomic mass is 16.5. The molecule has 2 heterocycles. The molecule has 1 fully saturated rings. The first-order chi connectivity index (χ1) is 13.6. The van der Waals surface area contributed by atoms with Crippen molar-refractivity contribution in [2.45, 2.75) is 26.3 Å². The predicted molar refractivity (Wildman–Crippen MR) is 104 cm³/mol. The average molecular weight is 376 g/mol. The highest BCUT2D eigenvalue weighted by Crippen LogP contribution is 2.21. The van der Waals surface area contributed by atoms with E-state index < -0.39 is 0 Å². The van der Waals surface area contributed by atoms with Crippen molar-refractivity contribution < 1.29 is 14.1 Å². The molecule has 0 radical (unpaired) electrons. The summed E-state index contributed by atoms with van der Waals surface area (Å²) >= 11 is 0. The Morgan fingerprint density at radius 2 is 2.04 bits per heavy atom. The van der Waals surface area contributed by atoms with Crippen LogP contribution in [0.2, 0.25) is 0 Å². The van der Waals surface area contributed by atoms with E-state index in [-0.39, 0.29) is 18.4 Å². The van der Waals surface area contributed by atoms with Gasteiger partial charge in [-0.15, -0.1) is 0 Å². The molecule has 3 aromatic rings. The molecule has 1 aromatic heterocycles. The highest BCUT2D eigenvalue weighted by Gasteiger charge is 2.21. The van der Waals surface area contributed by atoms with E-state index in [9.17, 15) is 9.59 Å². The number of aromatic nitrogens is 2. The quantitative estimate of drug-likeness (QED) is 0.739. The lowest BCUT2D eigenvalue weighted by Crippen LogP contribution is -2.25. The molecule has 0 aliphatic carbocycles. The minimum Gasteiger partial charge on any atom is -0.343 e. The van der Waals surface area contributed by atoms with Crippen molar-refractivity contribution in [2.24, 2.45) is 0 Å². The SMILES string of the molecule is Cc1cccc(-c2noc(CNC(=O)c3ccc(N4CCCC4=O)cc3)n2)c1. The third-order valence-corrected chi connectivity index (χ3v) is 4.66. The summed E-state index contributed by atoms with van der Waals surface area (Å²) in [6.07, 6.45) is 1.45. The summed E-state index contributed by atoms with van der Waals surface area (Å²) in [6.45, 7) is 2.87. The van der Waals surface area contributed by atoms with Crippen molar-refractivity contribution in [1.29, 1.82) is 0 Å². The number of hydrogen-bond acceptors (Lipinski definition) is 5. The molecule has 2 amide bonds. The van der Waals surface area contributed by atoms with Gasteiger partial charge in [-0.25, -0.2) is 0 Å². The Kier molecular flexibility index (Phi) is 4.89. The molecule has 142 valence electrons. The number of benzene rings is 2. The fourth-order valence-electron chi connectivity index (χ4n) is 3.20. The molecule has 0 atom stereocenters. The van der Waals surface area contributed by atoms with Gasteiger partial charge in [0.2, 0.25) is 17.6 Å². The van der Waals surface area contributed by atoms with Gasteiger partial charge in [0, 0.05) is 29.8 Å². The van der Waals surface area contributed by atoms with Crippen molar-refractivity contribution in [1.82, 2.24) is 15.5 Å². The molecule has 28 heavy (non-hydrogen) atoms. The van der Waals surface area contributed by atoms with Crippen LogP contribution in [0.1, 0.15) is 34.7 Å². The first-order valence-electron chi connectivity index (χ1n) is 9.18. The van der Waals surface area contributed by atoms with Crippen LogP contribution in [0.25, 0.3) is 11.4 Å². The summed E-state index contributed by atoms with van der Waals surface area (Å²) in [7, 11) is 0. The van der Waals surface area contributed by atoms with Gasteiger partial charge in [-0.1, -0.05) is 28.9 Å². The number of aryl methyl sites for hydroxylation is 1. The Bertz CT molecular complexity index is 1010. The van der Waals surface area contributed by atoms with E-state index in [0.29, 0.717) is 23.7 Å². The molecule has 7 nitrogen and oxygen atoms in total. The van der Waals surface area contributed by atoms with Crippen LogP contribution in [0.15, 0.2) is 53.1 Å². The molecule has 1 aliphatic rings. The van der Waals surface area contributed by atoms with Gasteiger partial charge < -0.3 is 14.7 Å². The van der Waals surface area contributed by atoms with Crippen LogP contribution in [0.5, 0.6) is 0 Å². The van der Waals surface area contributed by atoms with E-state index in [1.54, 1.807) is 29.2 Å². The van der Waals surface area contributed by atoms with E-state index >= 15 is 0 Å². The number of amides is 2. The van der Waals surface area contributed by atoms with Crippen molar-refractivity contribution >= 4 is 17.5 Å². The van der Waals surface area contributed by atoms with Crippen molar-refractivity contribution in [3.63, 3.8) is 0 Å². The smallest absolute Gasteiger partial charge is 0.251 e. The minimum atomic E-state index is -0.241. The number of anilines is 1. The van der Waals surface area contributed by atoms with E-state index in [1.165, 1.54) is 0 Å². The summed E-state index contributed by atoms with van der Waals surface area (Å²) in [6, 6.07) is 14.8. The van der Waals surface area contributed by atoms with E-state index in [2.05, 4.69) is 15.5 Å². The number of hydrogen-bond donors (Lipinski definition) is 1. The van der Waals surface area contributed by atoms with Crippen LogP contribution < -0.4 is 10.2 Å². The molecule has 1 N–H and O–H groups in total. The fourth-order valence-corrected chi connectivity index (χ4v) is 3.20. The number of carbonyl (C=O) groups is 2. The number of carbonyl (C=O) groups excluding carboxylic acids is 2. The predicted octanol–water partition coefficient (Wildman–Crippen LogP) is 3.10. The molecule has 2 aromatic carbocycles. The third-order valence-electron chi connectivity index (χ3n) is 4.66. The van der Waals surface area contributed by atoms with Gasteiger partial charge in [-0.2, -0.15) is 4.98 Å². The number of nitrogens with one attached hydrogen (secondary N) is 1. The Morgan fingerprint density at radius 3 is 2.75 bits per heavy atom. The highest BCUT2D eigenvalue weighted by molar-refractivity contribution is 5.97. The van der Waals surface area contributed by atoms with E-state index in [1.807, 2.05) is 31.2 Å². The minimum absolute atomic E-state index is 0.123. The zero-order chi connectivity index (χ0) is 19.5. The second kappa shape index (κ2) is 7.64. The summed E-state index contributed by atoms with van der Waals surface area (Å²) in [5.41, 5.74) is 3.30. The zero-order valence-electron chi connectivity index (χ0n) is 15.5. The summed E-state index contributed by atoms with van der Waals surface area (Å²) in [4.78, 5) is 30.2. The summed E-state index contributed by atoms with van der Waals surface area (Å²) in [5, 5.41) is 6.74. The lowest BCUT2D eigenvalue weighted by Gasteiger charge is -2.15. The molecule has 0 bridgehead atoms. The largest absolute Gasteiger partial charge is 0.343 e. The number of nitrogens with zero attached hydrogens (tertiary/aromatic N) is 3. The molecule has 1 saturated heterocycles. The third kappa shape index (κ3) is 3.78. The van der Waals surface area contributed by atoms with Crippen LogP contribution in [-0.2, 0) is 11.3 Å². The molecule has 4 rings (SSSR count). The lowest BCUT2D eigenvalue weighted by molar-refractivity contribution is -0.117. The van der Waals surface area contributed by atoms with Crippen molar-refractivity contribution in [3.8, 4) is 11.4 Å². The monoisotopic (exact) mass is 376 g/mol. The normalized spacial score (nSPS) is 13.8. The van der Waals surface area contributed by atoms with E-state index in [4.69, 9.17) is 4.52 Å². The Morgan fingerprint density at radius 1 is 1.21 bits per heavy atom. The van der Waals surface area contributed by atoms with Crippen LogP contribution in [0, 0.1) is 6.92 Å². The van der Waals surface area contributed by atoms with Crippen LogP contribution in [-0.4, -0.2) is 28.5 Å². The second-order valence-corrected chi connectivity index (χ2v) is 6.76. The van der Waals surface area contributed by atoms with Crippen molar-refractivity contribution in [2.75, 3.05) is 11.4 Å². The maximum Gasteiger partial charge on any atom is 0.251 e. The zero-order valence-corrected chi connectivity index (χ0v) is 15.5. The lowest BCUT2D eigenvalue weighted by atomic mass is 10.1. The molecule has 1 aliphatic heterocycles. The van der Waals surface area contributed by atoms with Gasteiger partial charge in [0.1, 0.15) is 0 Å². The van der Waals surface area contributed by atoms with E-state index in [0.717, 1.165) is 29.8 Å². The van der Waals surface area contributed by atoms with Gasteiger partial charge >= 0.3 is 0 Å².